The van der Waals surface area contributed by atoms with E-state index in [1.54, 1.807) is 13.3 Å². The van der Waals surface area contributed by atoms with Gasteiger partial charge in [-0.3, -0.25) is 4.99 Å². The van der Waals surface area contributed by atoms with Crippen molar-refractivity contribution in [3.8, 4) is 0 Å². The molecule has 0 bridgehead atoms. The Labute approximate surface area is 154 Å². The van der Waals surface area contributed by atoms with Crippen molar-refractivity contribution in [1.29, 1.82) is 0 Å². The number of furan rings is 1. The van der Waals surface area contributed by atoms with Gasteiger partial charge < -0.3 is 24.5 Å². The molecule has 3 rings (SSSR count). The van der Waals surface area contributed by atoms with Crippen molar-refractivity contribution in [2.45, 2.75) is 44.0 Å². The maximum absolute atomic E-state index is 6.09. The molecule has 130 valence electrons. The highest BCUT2D eigenvalue weighted by Gasteiger charge is 2.43. The summed E-state index contributed by atoms with van der Waals surface area (Å²) in [5.74, 6) is 1.46. The third kappa shape index (κ3) is 5.09. The number of rotatable bonds is 5. The average molecular weight is 435 g/mol. The van der Waals surface area contributed by atoms with Crippen molar-refractivity contribution in [2.24, 2.45) is 4.99 Å². The normalized spacial score (nSPS) is 23.0. The molecular weight excluding hydrogens is 409 g/mol. The quantitative estimate of drug-likeness (QED) is 0.422. The maximum atomic E-state index is 6.09. The topological polar surface area (TPSA) is 68.0 Å². The van der Waals surface area contributed by atoms with Crippen LogP contribution in [0.25, 0.3) is 0 Å². The SMILES string of the molecule is CN=C(NCCc1ccco1)NCC1COC2(CCCC2)O1.I. The monoisotopic (exact) mass is 435 g/mol. The molecule has 2 aliphatic rings. The third-order valence-corrected chi connectivity index (χ3v) is 4.24. The zero-order valence-electron chi connectivity index (χ0n) is 13.5. The molecule has 7 heteroatoms. The Balaban J connectivity index is 0.00000192. The average Bonchev–Trinajstić information content (AvgIpc) is 3.27. The van der Waals surface area contributed by atoms with Gasteiger partial charge in [0.1, 0.15) is 11.9 Å². The van der Waals surface area contributed by atoms with Crippen LogP contribution in [-0.4, -0.2) is 44.6 Å². The van der Waals surface area contributed by atoms with Crippen molar-refractivity contribution >= 4 is 29.9 Å². The predicted molar refractivity (Wildman–Crippen MR) is 99.2 cm³/mol. The molecule has 2 heterocycles. The highest BCUT2D eigenvalue weighted by molar-refractivity contribution is 14.0. The Kier molecular flexibility index (Phi) is 7.16. The molecule has 1 spiro atoms. The fourth-order valence-electron chi connectivity index (χ4n) is 3.08. The van der Waals surface area contributed by atoms with E-state index in [-0.39, 0.29) is 35.9 Å². The number of aliphatic imine (C=N–C) groups is 1. The minimum absolute atomic E-state index is 0. The van der Waals surface area contributed by atoms with Gasteiger partial charge in [-0.1, -0.05) is 0 Å². The number of ether oxygens (including phenoxy) is 2. The van der Waals surface area contributed by atoms with E-state index in [2.05, 4.69) is 15.6 Å². The fourth-order valence-corrected chi connectivity index (χ4v) is 3.08. The van der Waals surface area contributed by atoms with E-state index in [0.29, 0.717) is 13.2 Å². The van der Waals surface area contributed by atoms with Gasteiger partial charge in [0.15, 0.2) is 11.7 Å². The first-order valence-corrected chi connectivity index (χ1v) is 8.08. The minimum atomic E-state index is -0.289. The largest absolute Gasteiger partial charge is 0.469 e. The second-order valence-corrected chi connectivity index (χ2v) is 5.88. The molecule has 2 fully saturated rings. The molecule has 1 aliphatic heterocycles. The second kappa shape index (κ2) is 8.89. The Bertz CT molecular complexity index is 487. The summed E-state index contributed by atoms with van der Waals surface area (Å²) in [6.45, 7) is 2.15. The van der Waals surface area contributed by atoms with Crippen molar-refractivity contribution in [3.63, 3.8) is 0 Å². The van der Waals surface area contributed by atoms with Gasteiger partial charge in [0.05, 0.1) is 12.9 Å². The van der Waals surface area contributed by atoms with Crippen LogP contribution in [0.5, 0.6) is 0 Å². The summed E-state index contributed by atoms with van der Waals surface area (Å²) < 4.78 is 17.3. The molecule has 1 aromatic heterocycles. The lowest BCUT2D eigenvalue weighted by atomic mass is 10.2. The van der Waals surface area contributed by atoms with Gasteiger partial charge >= 0.3 is 0 Å². The van der Waals surface area contributed by atoms with Crippen LogP contribution in [0.3, 0.4) is 0 Å². The lowest BCUT2D eigenvalue weighted by Gasteiger charge is -2.22. The molecule has 1 aliphatic carbocycles. The summed E-state index contributed by atoms with van der Waals surface area (Å²) in [7, 11) is 1.77. The summed E-state index contributed by atoms with van der Waals surface area (Å²) >= 11 is 0. The lowest BCUT2D eigenvalue weighted by molar-refractivity contribution is -0.160. The summed E-state index contributed by atoms with van der Waals surface area (Å²) in [5, 5.41) is 6.58. The van der Waals surface area contributed by atoms with E-state index in [1.807, 2.05) is 12.1 Å². The van der Waals surface area contributed by atoms with Crippen LogP contribution in [0.1, 0.15) is 31.4 Å². The first-order chi connectivity index (χ1) is 10.8. The van der Waals surface area contributed by atoms with Gasteiger partial charge in [-0.25, -0.2) is 0 Å². The summed E-state index contributed by atoms with van der Waals surface area (Å²) in [4.78, 5) is 4.22. The smallest absolute Gasteiger partial charge is 0.191 e. The molecule has 2 N–H and O–H groups in total. The molecule has 1 saturated carbocycles. The standard InChI is InChI=1S/C16H25N3O3.HI/c1-17-15(18-9-6-13-5-4-10-20-13)19-11-14-12-21-16(22-14)7-2-3-8-16;/h4-5,10,14H,2-3,6-9,11-12H2,1H3,(H2,17,18,19);1H. The third-order valence-electron chi connectivity index (χ3n) is 4.24. The fraction of sp³-hybridized carbons (Fsp3) is 0.688. The number of nitrogens with zero attached hydrogens (tertiary/aromatic N) is 1. The molecule has 1 unspecified atom stereocenters. The van der Waals surface area contributed by atoms with E-state index in [0.717, 1.165) is 37.5 Å². The van der Waals surface area contributed by atoms with Crippen LogP contribution in [0.4, 0.5) is 0 Å². The first-order valence-electron chi connectivity index (χ1n) is 8.08. The molecule has 1 aromatic rings. The van der Waals surface area contributed by atoms with Gasteiger partial charge in [-0.15, -0.1) is 24.0 Å². The van der Waals surface area contributed by atoms with E-state index in [9.17, 15) is 0 Å². The molecule has 6 nitrogen and oxygen atoms in total. The number of guanidine groups is 1. The first kappa shape index (κ1) is 18.5. The predicted octanol–water partition coefficient (Wildman–Crippen LogP) is 2.29. The highest BCUT2D eigenvalue weighted by Crippen LogP contribution is 2.38. The van der Waals surface area contributed by atoms with Crippen LogP contribution in [0.2, 0.25) is 0 Å². The lowest BCUT2D eigenvalue weighted by Crippen LogP contribution is -2.42. The van der Waals surface area contributed by atoms with Crippen LogP contribution < -0.4 is 10.6 Å². The van der Waals surface area contributed by atoms with E-state index in [1.165, 1.54) is 12.8 Å². The summed E-state index contributed by atoms with van der Waals surface area (Å²) in [6, 6.07) is 3.88. The van der Waals surface area contributed by atoms with Gasteiger partial charge in [0, 0.05) is 39.4 Å². The molecular formula is C16H26IN3O3. The molecule has 1 saturated heterocycles. The molecule has 23 heavy (non-hydrogen) atoms. The van der Waals surface area contributed by atoms with Crippen molar-refractivity contribution < 1.29 is 13.9 Å². The molecule has 0 radical (unpaired) electrons. The van der Waals surface area contributed by atoms with Crippen molar-refractivity contribution in [2.75, 3.05) is 26.7 Å². The van der Waals surface area contributed by atoms with Crippen molar-refractivity contribution in [3.05, 3.63) is 24.2 Å². The zero-order valence-corrected chi connectivity index (χ0v) is 15.9. The van der Waals surface area contributed by atoms with Crippen molar-refractivity contribution in [1.82, 2.24) is 10.6 Å². The second-order valence-electron chi connectivity index (χ2n) is 5.88. The summed E-state index contributed by atoms with van der Waals surface area (Å²) in [6.07, 6.45) is 7.09. The Hall–Kier alpha value is -0.800. The van der Waals surface area contributed by atoms with E-state index >= 15 is 0 Å². The number of halogens is 1. The number of hydrogen-bond acceptors (Lipinski definition) is 4. The zero-order chi connectivity index (χ0) is 15.3. The summed E-state index contributed by atoms with van der Waals surface area (Å²) in [5.41, 5.74) is 0. The van der Waals surface area contributed by atoms with Gasteiger partial charge in [0.2, 0.25) is 0 Å². The number of hydrogen-bond donors (Lipinski definition) is 2. The molecule has 0 amide bonds. The molecule has 1 atom stereocenters. The van der Waals surface area contributed by atoms with Gasteiger partial charge in [-0.2, -0.15) is 0 Å². The van der Waals surface area contributed by atoms with E-state index < -0.39 is 0 Å². The van der Waals surface area contributed by atoms with Crippen LogP contribution in [0.15, 0.2) is 27.8 Å². The van der Waals surface area contributed by atoms with E-state index in [4.69, 9.17) is 13.9 Å². The highest BCUT2D eigenvalue weighted by atomic mass is 127. The Morgan fingerprint density at radius 3 is 2.87 bits per heavy atom. The number of nitrogens with one attached hydrogen (secondary N) is 2. The molecule has 0 aromatic carbocycles. The van der Waals surface area contributed by atoms with Gasteiger partial charge in [-0.05, 0) is 25.0 Å². The Morgan fingerprint density at radius 2 is 2.17 bits per heavy atom. The Morgan fingerprint density at radius 1 is 1.35 bits per heavy atom. The maximum Gasteiger partial charge on any atom is 0.191 e. The van der Waals surface area contributed by atoms with Crippen LogP contribution >= 0.6 is 24.0 Å². The van der Waals surface area contributed by atoms with Crippen LogP contribution in [0, 0.1) is 0 Å². The van der Waals surface area contributed by atoms with Crippen LogP contribution in [-0.2, 0) is 15.9 Å². The minimum Gasteiger partial charge on any atom is -0.469 e. The van der Waals surface area contributed by atoms with Gasteiger partial charge in [0.25, 0.3) is 0 Å².